The first kappa shape index (κ1) is 14.5. The Balaban J connectivity index is 2.17. The van der Waals surface area contributed by atoms with Crippen molar-refractivity contribution in [1.29, 1.82) is 0 Å². The smallest absolute Gasteiger partial charge is 0.0947 e. The number of hydrogen-bond acceptors (Lipinski definition) is 2. The van der Waals surface area contributed by atoms with Crippen LogP contribution in [0.25, 0.3) is 0 Å². The second-order valence-corrected chi connectivity index (χ2v) is 6.97. The highest BCUT2D eigenvalue weighted by Gasteiger charge is 2.37. The quantitative estimate of drug-likeness (QED) is 0.897. The van der Waals surface area contributed by atoms with Gasteiger partial charge in [0.15, 0.2) is 0 Å². The summed E-state index contributed by atoms with van der Waals surface area (Å²) >= 11 is 0. The van der Waals surface area contributed by atoms with Gasteiger partial charge in [0.2, 0.25) is 0 Å². The molecule has 1 aromatic rings. The van der Waals surface area contributed by atoms with E-state index >= 15 is 0 Å². The van der Waals surface area contributed by atoms with Crippen LogP contribution in [-0.4, -0.2) is 29.1 Å². The highest BCUT2D eigenvalue weighted by atomic mass is 16.3. The maximum absolute atomic E-state index is 10.7. The van der Waals surface area contributed by atoms with Crippen molar-refractivity contribution < 1.29 is 5.11 Å². The first-order valence-corrected chi connectivity index (χ1v) is 7.38. The normalized spacial score (nSPS) is 22.6. The van der Waals surface area contributed by atoms with Crippen molar-refractivity contribution in [3.05, 3.63) is 35.9 Å². The third kappa shape index (κ3) is 3.37. The summed E-state index contributed by atoms with van der Waals surface area (Å²) in [5.74, 6) is 0.448. The molecule has 2 unspecified atom stereocenters. The molecule has 2 rings (SSSR count). The molecule has 1 aromatic carbocycles. The summed E-state index contributed by atoms with van der Waals surface area (Å²) < 4.78 is 0. The number of benzene rings is 1. The molecular formula is C17H27NO. The van der Waals surface area contributed by atoms with E-state index in [-0.39, 0.29) is 6.04 Å². The Bertz CT molecular complexity index is 399. The minimum Gasteiger partial charge on any atom is -0.387 e. The van der Waals surface area contributed by atoms with E-state index in [2.05, 4.69) is 32.6 Å². The molecule has 0 amide bonds. The van der Waals surface area contributed by atoms with Gasteiger partial charge in [-0.2, -0.15) is 0 Å². The van der Waals surface area contributed by atoms with Gasteiger partial charge in [0, 0.05) is 12.6 Å². The van der Waals surface area contributed by atoms with Crippen molar-refractivity contribution in [3.8, 4) is 0 Å². The molecule has 1 aliphatic heterocycles. The van der Waals surface area contributed by atoms with E-state index < -0.39 is 6.10 Å². The first-order chi connectivity index (χ1) is 8.91. The molecule has 2 nitrogen and oxygen atoms in total. The molecule has 19 heavy (non-hydrogen) atoms. The molecule has 1 N–H and O–H groups in total. The lowest BCUT2D eigenvalue weighted by molar-refractivity contribution is 0.0305. The molecule has 0 bridgehead atoms. The molecule has 2 heteroatoms. The second kappa shape index (κ2) is 5.64. The van der Waals surface area contributed by atoms with Gasteiger partial charge in [0.05, 0.1) is 6.10 Å². The minimum absolute atomic E-state index is 0.212. The van der Waals surface area contributed by atoms with Crippen molar-refractivity contribution in [3.63, 3.8) is 0 Å². The molecule has 0 aliphatic carbocycles. The van der Waals surface area contributed by atoms with Gasteiger partial charge in [-0.15, -0.1) is 0 Å². The van der Waals surface area contributed by atoms with Crippen LogP contribution in [0.3, 0.4) is 0 Å². The summed E-state index contributed by atoms with van der Waals surface area (Å²) in [5, 5.41) is 10.7. The predicted molar refractivity (Wildman–Crippen MR) is 80.0 cm³/mol. The first-order valence-electron chi connectivity index (χ1n) is 7.38. The number of likely N-dealkylation sites (tertiary alicyclic amines) is 1. The number of nitrogens with zero attached hydrogens (tertiary/aromatic N) is 1. The summed E-state index contributed by atoms with van der Waals surface area (Å²) in [6.45, 7) is 11.2. The lowest BCUT2D eigenvalue weighted by Gasteiger charge is -2.36. The fourth-order valence-electron chi connectivity index (χ4n) is 3.24. The van der Waals surface area contributed by atoms with E-state index in [0.717, 1.165) is 18.7 Å². The molecule has 1 heterocycles. The van der Waals surface area contributed by atoms with E-state index in [1.54, 1.807) is 0 Å². The lowest BCUT2D eigenvalue weighted by atomic mass is 9.91. The third-order valence-electron chi connectivity index (χ3n) is 4.28. The van der Waals surface area contributed by atoms with Crippen LogP contribution in [0.5, 0.6) is 0 Å². The van der Waals surface area contributed by atoms with E-state index in [0.29, 0.717) is 11.3 Å². The van der Waals surface area contributed by atoms with Gasteiger partial charge in [-0.25, -0.2) is 0 Å². The molecule has 106 valence electrons. The largest absolute Gasteiger partial charge is 0.387 e. The topological polar surface area (TPSA) is 23.5 Å². The van der Waals surface area contributed by atoms with Crippen LogP contribution in [0.2, 0.25) is 0 Å². The third-order valence-corrected chi connectivity index (χ3v) is 4.28. The monoisotopic (exact) mass is 261 g/mol. The summed E-state index contributed by atoms with van der Waals surface area (Å²) in [4.78, 5) is 2.47. The van der Waals surface area contributed by atoms with E-state index in [4.69, 9.17) is 0 Å². The maximum Gasteiger partial charge on any atom is 0.0947 e. The molecule has 1 saturated heterocycles. The van der Waals surface area contributed by atoms with Gasteiger partial charge >= 0.3 is 0 Å². The Morgan fingerprint density at radius 3 is 2.26 bits per heavy atom. The van der Waals surface area contributed by atoms with Crippen molar-refractivity contribution in [2.45, 2.75) is 46.3 Å². The molecular weight excluding hydrogens is 234 g/mol. The molecule has 0 saturated carbocycles. The fourth-order valence-corrected chi connectivity index (χ4v) is 3.24. The van der Waals surface area contributed by atoms with Crippen LogP contribution in [0.4, 0.5) is 0 Å². The number of aliphatic hydroxyl groups is 1. The Morgan fingerprint density at radius 1 is 1.16 bits per heavy atom. The van der Waals surface area contributed by atoms with Gasteiger partial charge < -0.3 is 5.11 Å². The Labute approximate surface area is 117 Å². The van der Waals surface area contributed by atoms with Crippen LogP contribution < -0.4 is 0 Å². The standard InChI is InChI=1S/C17H27NO/c1-13(2)15(18-11-10-17(3,4)12-18)16(19)14-8-6-5-7-9-14/h5-9,13,15-16,19H,10-12H2,1-4H3. The molecule has 2 atom stereocenters. The molecule has 0 aromatic heterocycles. The van der Waals surface area contributed by atoms with Crippen LogP contribution in [-0.2, 0) is 0 Å². The predicted octanol–water partition coefficient (Wildman–Crippen LogP) is 3.48. The summed E-state index contributed by atoms with van der Waals surface area (Å²) in [5.41, 5.74) is 1.41. The number of hydrogen-bond donors (Lipinski definition) is 1. The summed E-state index contributed by atoms with van der Waals surface area (Å²) in [6, 6.07) is 10.3. The SMILES string of the molecule is CC(C)C(C(O)c1ccccc1)N1CCC(C)(C)C1. The van der Waals surface area contributed by atoms with Gasteiger partial charge in [-0.05, 0) is 29.9 Å². The van der Waals surface area contributed by atoms with Crippen molar-refractivity contribution >= 4 is 0 Å². The summed E-state index contributed by atoms with van der Waals surface area (Å²) in [6.07, 6.45) is 0.827. The number of aliphatic hydroxyl groups excluding tert-OH is 1. The van der Waals surface area contributed by atoms with E-state index in [1.165, 1.54) is 6.42 Å². The van der Waals surface area contributed by atoms with Gasteiger partial charge in [0.25, 0.3) is 0 Å². The Morgan fingerprint density at radius 2 is 1.79 bits per heavy atom. The van der Waals surface area contributed by atoms with Crippen LogP contribution in [0.15, 0.2) is 30.3 Å². The van der Waals surface area contributed by atoms with E-state index in [9.17, 15) is 5.11 Å². The average Bonchev–Trinajstić information content (AvgIpc) is 2.70. The minimum atomic E-state index is -0.393. The molecule has 0 radical (unpaired) electrons. The number of rotatable bonds is 4. The highest BCUT2D eigenvalue weighted by Crippen LogP contribution is 2.35. The van der Waals surface area contributed by atoms with Gasteiger partial charge in [-0.3, -0.25) is 4.90 Å². The molecule has 1 fully saturated rings. The van der Waals surface area contributed by atoms with Crippen molar-refractivity contribution in [1.82, 2.24) is 4.90 Å². The Kier molecular flexibility index (Phi) is 4.32. The summed E-state index contributed by atoms with van der Waals surface area (Å²) in [7, 11) is 0. The zero-order valence-corrected chi connectivity index (χ0v) is 12.6. The molecule has 1 aliphatic rings. The fraction of sp³-hybridized carbons (Fsp3) is 0.647. The van der Waals surface area contributed by atoms with Crippen molar-refractivity contribution in [2.24, 2.45) is 11.3 Å². The zero-order valence-electron chi connectivity index (χ0n) is 12.6. The van der Waals surface area contributed by atoms with Crippen LogP contribution in [0.1, 0.15) is 45.8 Å². The zero-order chi connectivity index (χ0) is 14.0. The lowest BCUT2D eigenvalue weighted by Crippen LogP contribution is -2.42. The van der Waals surface area contributed by atoms with E-state index in [1.807, 2.05) is 30.3 Å². The maximum atomic E-state index is 10.7. The van der Waals surface area contributed by atoms with Gasteiger partial charge in [-0.1, -0.05) is 58.0 Å². The average molecular weight is 261 g/mol. The molecule has 0 spiro atoms. The van der Waals surface area contributed by atoms with Crippen LogP contribution in [0, 0.1) is 11.3 Å². The second-order valence-electron chi connectivity index (χ2n) is 6.97. The Hall–Kier alpha value is -0.860. The van der Waals surface area contributed by atoms with Crippen molar-refractivity contribution in [2.75, 3.05) is 13.1 Å². The van der Waals surface area contributed by atoms with Crippen LogP contribution >= 0.6 is 0 Å². The highest BCUT2D eigenvalue weighted by molar-refractivity contribution is 5.19. The van der Waals surface area contributed by atoms with Gasteiger partial charge in [0.1, 0.15) is 0 Å².